The van der Waals surface area contributed by atoms with Crippen LogP contribution in [0.15, 0.2) is 89.4 Å². The molecule has 6 rings (SSSR count). The van der Waals surface area contributed by atoms with Crippen molar-refractivity contribution in [3.05, 3.63) is 101 Å². The van der Waals surface area contributed by atoms with Crippen LogP contribution in [0.2, 0.25) is 0 Å². The highest BCUT2D eigenvalue weighted by Gasteiger charge is 2.40. The van der Waals surface area contributed by atoms with Gasteiger partial charge in [-0.05, 0) is 67.1 Å². The molecular weight excluding hydrogens is 462 g/mol. The molecule has 1 saturated heterocycles. The predicted octanol–water partition coefficient (Wildman–Crippen LogP) is 3.56. The molecule has 0 amide bonds. The van der Waals surface area contributed by atoms with Gasteiger partial charge in [0.05, 0.1) is 19.8 Å². The second kappa shape index (κ2) is 9.75. The minimum atomic E-state index is -0.0648. The molecule has 1 aliphatic carbocycles. The summed E-state index contributed by atoms with van der Waals surface area (Å²) in [6, 6.07) is 12.9. The summed E-state index contributed by atoms with van der Waals surface area (Å²) in [5.41, 5.74) is 13.1. The molecule has 4 heterocycles. The van der Waals surface area contributed by atoms with E-state index in [-0.39, 0.29) is 12.2 Å². The van der Waals surface area contributed by atoms with Crippen LogP contribution < -0.4 is 20.4 Å². The summed E-state index contributed by atoms with van der Waals surface area (Å²) in [6.07, 6.45) is 12.1. The van der Waals surface area contributed by atoms with Gasteiger partial charge in [-0.25, -0.2) is 9.98 Å². The number of rotatable bonds is 5. The normalized spacial score (nSPS) is 23.1. The van der Waals surface area contributed by atoms with Crippen molar-refractivity contribution < 1.29 is 4.74 Å². The Labute approximate surface area is 217 Å². The Morgan fingerprint density at radius 1 is 1.14 bits per heavy atom. The molecule has 1 aromatic carbocycles. The summed E-state index contributed by atoms with van der Waals surface area (Å²) in [4.78, 5) is 14.5. The lowest BCUT2D eigenvalue weighted by molar-refractivity contribution is 0.0328. The molecule has 2 atom stereocenters. The van der Waals surface area contributed by atoms with E-state index in [1.807, 2.05) is 37.3 Å². The molecule has 37 heavy (non-hydrogen) atoms. The maximum Gasteiger partial charge on any atom is 0.238 e. The van der Waals surface area contributed by atoms with Gasteiger partial charge in [0.2, 0.25) is 5.88 Å². The number of nitrogens with one attached hydrogen (secondary N) is 2. The molecule has 1 unspecified atom stereocenters. The fourth-order valence-corrected chi connectivity index (χ4v) is 5.22. The quantitative estimate of drug-likeness (QED) is 0.618. The van der Waals surface area contributed by atoms with Gasteiger partial charge in [0.25, 0.3) is 0 Å². The Balaban J connectivity index is 1.31. The van der Waals surface area contributed by atoms with Crippen LogP contribution in [0.25, 0.3) is 5.57 Å². The van der Waals surface area contributed by atoms with Gasteiger partial charge in [0, 0.05) is 25.0 Å². The minimum absolute atomic E-state index is 0.0648. The van der Waals surface area contributed by atoms with E-state index in [9.17, 15) is 0 Å². The van der Waals surface area contributed by atoms with E-state index >= 15 is 0 Å². The molecule has 0 bridgehead atoms. The van der Waals surface area contributed by atoms with E-state index in [2.05, 4.69) is 80.9 Å². The predicted molar refractivity (Wildman–Crippen MR) is 147 cm³/mol. The molecule has 188 valence electrons. The number of hydrogen-bond acceptors (Lipinski definition) is 8. The van der Waals surface area contributed by atoms with E-state index in [0.717, 1.165) is 36.0 Å². The second-order valence-electron chi connectivity index (χ2n) is 9.57. The first-order chi connectivity index (χ1) is 18.1. The van der Waals surface area contributed by atoms with Crippen molar-refractivity contribution in [3.63, 3.8) is 0 Å². The van der Waals surface area contributed by atoms with E-state index in [1.165, 1.54) is 16.7 Å². The number of pyridine rings is 1. The Bertz CT molecular complexity index is 1400. The number of aromatic nitrogens is 1. The van der Waals surface area contributed by atoms with Gasteiger partial charge >= 0.3 is 0 Å². The highest BCUT2D eigenvalue weighted by atomic mass is 16.5. The lowest BCUT2D eigenvalue weighted by Gasteiger charge is -2.41. The van der Waals surface area contributed by atoms with Crippen molar-refractivity contribution >= 4 is 17.1 Å². The van der Waals surface area contributed by atoms with Crippen molar-refractivity contribution in [1.82, 2.24) is 25.6 Å². The number of likely N-dealkylation sites (N-methyl/N-ethyl adjacent to an activating group) is 1. The molecule has 0 radical (unpaired) electrons. The highest BCUT2D eigenvalue weighted by molar-refractivity contribution is 5.98. The molecular formula is C29H31N7O. The Morgan fingerprint density at radius 3 is 2.89 bits per heavy atom. The maximum atomic E-state index is 5.66. The van der Waals surface area contributed by atoms with Crippen LogP contribution in [-0.4, -0.2) is 60.8 Å². The number of hydrogen-bond donors (Lipinski definition) is 2. The minimum Gasteiger partial charge on any atom is -0.479 e. The lowest BCUT2D eigenvalue weighted by atomic mass is 9.95. The van der Waals surface area contributed by atoms with E-state index in [1.54, 1.807) is 7.11 Å². The summed E-state index contributed by atoms with van der Waals surface area (Å²) >= 11 is 0. The topological polar surface area (TPSA) is 68.3 Å². The fraction of sp³-hybridized carbons (Fsp3) is 0.276. The average Bonchev–Trinajstić information content (AvgIpc) is 3.45. The van der Waals surface area contributed by atoms with Gasteiger partial charge in [-0.3, -0.25) is 10.3 Å². The van der Waals surface area contributed by atoms with Gasteiger partial charge < -0.3 is 15.0 Å². The Kier molecular flexibility index (Phi) is 6.14. The maximum absolute atomic E-state index is 5.66. The molecule has 0 spiro atoms. The van der Waals surface area contributed by atoms with Gasteiger partial charge in [-0.1, -0.05) is 30.4 Å². The molecule has 2 N–H and O–H groups in total. The third kappa shape index (κ3) is 4.47. The monoisotopic (exact) mass is 493 g/mol. The van der Waals surface area contributed by atoms with Crippen LogP contribution in [0.4, 0.5) is 5.69 Å². The zero-order chi connectivity index (χ0) is 25.4. The van der Waals surface area contributed by atoms with Crippen LogP contribution in [0.3, 0.4) is 0 Å². The average molecular weight is 494 g/mol. The number of amidine groups is 1. The number of ether oxygens (including phenoxy) is 1. The summed E-state index contributed by atoms with van der Waals surface area (Å²) < 4.78 is 5.66. The highest BCUT2D eigenvalue weighted by Crippen LogP contribution is 2.35. The largest absolute Gasteiger partial charge is 0.479 e. The number of fused-ring (bicyclic) bond motifs is 1. The molecule has 8 heteroatoms. The van der Waals surface area contributed by atoms with Crippen molar-refractivity contribution in [2.45, 2.75) is 19.1 Å². The third-order valence-electron chi connectivity index (χ3n) is 7.13. The number of piperazine rings is 1. The molecule has 2 aromatic rings. The Morgan fingerprint density at radius 2 is 2.05 bits per heavy atom. The van der Waals surface area contributed by atoms with Crippen molar-refractivity contribution in [3.8, 4) is 5.88 Å². The smallest absolute Gasteiger partial charge is 0.238 e. The van der Waals surface area contributed by atoms with Crippen molar-refractivity contribution in [1.29, 1.82) is 0 Å². The lowest BCUT2D eigenvalue weighted by Crippen LogP contribution is -2.54. The summed E-state index contributed by atoms with van der Waals surface area (Å²) in [5.74, 6) is 1.34. The van der Waals surface area contributed by atoms with E-state index in [0.29, 0.717) is 12.5 Å². The summed E-state index contributed by atoms with van der Waals surface area (Å²) in [5, 5.41) is 5.54. The number of allylic oxidation sites excluding steroid dienone is 6. The molecule has 4 aliphatic rings. The van der Waals surface area contributed by atoms with Crippen LogP contribution in [0.1, 0.15) is 29.8 Å². The third-order valence-corrected chi connectivity index (χ3v) is 7.13. The van der Waals surface area contributed by atoms with Gasteiger partial charge in [-0.15, -0.1) is 5.73 Å². The van der Waals surface area contributed by atoms with Gasteiger partial charge in [0.15, 0.2) is 5.84 Å². The van der Waals surface area contributed by atoms with Crippen molar-refractivity contribution in [2.75, 3.05) is 38.8 Å². The number of benzene rings is 1. The number of methoxy groups -OCH3 is 1. The van der Waals surface area contributed by atoms with Crippen LogP contribution in [-0.2, 0) is 0 Å². The zero-order valence-corrected chi connectivity index (χ0v) is 21.3. The van der Waals surface area contributed by atoms with Gasteiger partial charge in [0.1, 0.15) is 17.5 Å². The number of nitrogens with zero attached hydrogens (tertiary/aromatic N) is 5. The zero-order valence-electron chi connectivity index (χ0n) is 21.3. The number of hydrazine groups is 1. The standard InChI is InChI=1S/C29H31N7O/c1-20-18-35(19-30-20)25-14-13-24(31-29(25)37-3)27-32-28-26(34(2)15-16-36(28)33-27)23-12-8-11-22(17-23)21-9-6-4-5-7-10-21/h4,6-14,17-18,26,28,30H,15-16,19H2,1-3H3,(H,32,33)/t26-,28?/m1/s1. The first-order valence-electron chi connectivity index (χ1n) is 12.6. The molecule has 3 aliphatic heterocycles. The van der Waals surface area contributed by atoms with E-state index in [4.69, 9.17) is 14.7 Å². The number of anilines is 1. The summed E-state index contributed by atoms with van der Waals surface area (Å²) in [7, 11) is 3.83. The first-order valence-corrected chi connectivity index (χ1v) is 12.6. The molecule has 1 fully saturated rings. The van der Waals surface area contributed by atoms with Crippen LogP contribution in [0, 0.1) is 0 Å². The molecule has 0 saturated carbocycles. The summed E-state index contributed by atoms with van der Waals surface area (Å²) in [6.45, 7) is 4.54. The van der Waals surface area contributed by atoms with Crippen molar-refractivity contribution in [2.24, 2.45) is 4.99 Å². The van der Waals surface area contributed by atoms with Gasteiger partial charge in [-0.2, -0.15) is 5.01 Å². The fourth-order valence-electron chi connectivity index (χ4n) is 5.22. The molecule has 8 nitrogen and oxygen atoms in total. The van der Waals surface area contributed by atoms with Crippen LogP contribution >= 0.6 is 0 Å². The molecule has 1 aromatic heterocycles. The first kappa shape index (κ1) is 23.3. The number of aliphatic imine (C=N–C) groups is 1. The second-order valence-corrected chi connectivity index (χ2v) is 9.57. The Hall–Kier alpha value is -4.10. The van der Waals surface area contributed by atoms with Crippen LogP contribution in [0.5, 0.6) is 5.88 Å². The SMILES string of the molecule is COc1nc(C2=NC3[C@@H](c4cccc(C5=CC=C=CC=C5)c4)N(C)CCN3N2)ccc1N1C=C(C)NC1. The van der Waals surface area contributed by atoms with E-state index < -0.39 is 0 Å².